The molecule has 4 heteroatoms. The first-order valence-corrected chi connectivity index (χ1v) is 8.24. The highest BCUT2D eigenvalue weighted by molar-refractivity contribution is 5.93. The van der Waals surface area contributed by atoms with Gasteiger partial charge in [-0.05, 0) is 55.5 Å². The first kappa shape index (κ1) is 17.8. The molecule has 1 N–H and O–H groups in total. The van der Waals surface area contributed by atoms with Crippen LogP contribution in [0.3, 0.4) is 0 Å². The predicted molar refractivity (Wildman–Crippen MR) is 110 cm³/mol. The molecule has 3 nitrogen and oxygen atoms in total. The van der Waals surface area contributed by atoms with Crippen LogP contribution in [0, 0.1) is 6.92 Å². The van der Waals surface area contributed by atoms with Gasteiger partial charge in [0, 0.05) is 22.5 Å². The molecule has 4 rings (SSSR count). The second kappa shape index (κ2) is 7.89. The second-order valence-electron chi connectivity index (χ2n) is 5.89. The summed E-state index contributed by atoms with van der Waals surface area (Å²) >= 11 is 0. The number of pyridine rings is 1. The fourth-order valence-corrected chi connectivity index (χ4v) is 2.80. The number of fused-ring (bicyclic) bond motifs is 1. The van der Waals surface area contributed by atoms with E-state index in [9.17, 15) is 0 Å². The number of para-hydroxylation sites is 2. The van der Waals surface area contributed by atoms with Gasteiger partial charge in [0.15, 0.2) is 0 Å². The largest absolute Gasteiger partial charge is 0.457 e. The van der Waals surface area contributed by atoms with E-state index in [4.69, 9.17) is 4.74 Å². The average molecular weight is 363 g/mol. The fourth-order valence-electron chi connectivity index (χ4n) is 2.80. The predicted octanol–water partition coefficient (Wildman–Crippen LogP) is 6.50. The number of hydrogen-bond acceptors (Lipinski definition) is 3. The molecule has 1 aromatic heterocycles. The number of aromatic nitrogens is 1. The van der Waals surface area contributed by atoms with Gasteiger partial charge in [-0.25, -0.2) is 0 Å². The summed E-state index contributed by atoms with van der Waals surface area (Å²) in [5.41, 5.74) is 4.05. The Morgan fingerprint density at radius 3 is 2.19 bits per heavy atom. The molecule has 4 aromatic rings. The standard InChI is InChI=1S/C22H18N2O.ClH/c1-16-15-22(20-9-5-6-10-21(20)23-16)24-17-11-13-19(14-12-17)25-18-7-3-2-4-8-18;/h2-15H,1H3,(H,23,24);1H. The Labute approximate surface area is 159 Å². The molecule has 0 bridgehead atoms. The fraction of sp³-hybridized carbons (Fsp3) is 0.0455. The molecule has 130 valence electrons. The molecule has 0 atom stereocenters. The molecule has 0 aliphatic carbocycles. The number of rotatable bonds is 4. The van der Waals surface area contributed by atoms with Gasteiger partial charge in [0.2, 0.25) is 0 Å². The van der Waals surface area contributed by atoms with Crippen molar-refractivity contribution in [1.82, 2.24) is 4.98 Å². The summed E-state index contributed by atoms with van der Waals surface area (Å²) in [5.74, 6) is 1.64. The zero-order chi connectivity index (χ0) is 17.1. The summed E-state index contributed by atoms with van der Waals surface area (Å²) in [7, 11) is 0. The quantitative estimate of drug-likeness (QED) is 0.450. The molecule has 3 aromatic carbocycles. The number of nitrogens with zero attached hydrogens (tertiary/aromatic N) is 1. The minimum atomic E-state index is 0. The molecule has 0 saturated heterocycles. The number of ether oxygens (including phenoxy) is 1. The van der Waals surface area contributed by atoms with Gasteiger partial charge < -0.3 is 10.1 Å². The monoisotopic (exact) mass is 362 g/mol. The Morgan fingerprint density at radius 1 is 0.769 bits per heavy atom. The lowest BCUT2D eigenvalue weighted by Crippen LogP contribution is -1.94. The topological polar surface area (TPSA) is 34.1 Å². The molecule has 26 heavy (non-hydrogen) atoms. The maximum absolute atomic E-state index is 5.84. The highest BCUT2D eigenvalue weighted by atomic mass is 35.5. The van der Waals surface area contributed by atoms with E-state index in [1.54, 1.807) is 0 Å². The maximum atomic E-state index is 5.84. The van der Waals surface area contributed by atoms with Crippen molar-refractivity contribution in [2.24, 2.45) is 0 Å². The minimum absolute atomic E-state index is 0. The molecule has 0 aliphatic rings. The number of hydrogen-bond donors (Lipinski definition) is 1. The summed E-state index contributed by atoms with van der Waals surface area (Å²) in [6.07, 6.45) is 0. The molecular weight excluding hydrogens is 344 g/mol. The van der Waals surface area contributed by atoms with Crippen LogP contribution in [-0.2, 0) is 0 Å². The van der Waals surface area contributed by atoms with Gasteiger partial charge in [-0.3, -0.25) is 4.98 Å². The lowest BCUT2D eigenvalue weighted by molar-refractivity contribution is 0.483. The Balaban J connectivity index is 0.00000196. The maximum Gasteiger partial charge on any atom is 0.127 e. The van der Waals surface area contributed by atoms with Crippen molar-refractivity contribution in [3.8, 4) is 11.5 Å². The van der Waals surface area contributed by atoms with Crippen LogP contribution < -0.4 is 10.1 Å². The van der Waals surface area contributed by atoms with E-state index in [1.807, 2.05) is 79.7 Å². The number of anilines is 2. The third-order valence-electron chi connectivity index (χ3n) is 3.96. The van der Waals surface area contributed by atoms with Crippen LogP contribution in [0.4, 0.5) is 11.4 Å². The molecule has 0 spiro atoms. The summed E-state index contributed by atoms with van der Waals surface area (Å²) in [6.45, 7) is 2.01. The Kier molecular flexibility index (Phi) is 5.40. The smallest absolute Gasteiger partial charge is 0.127 e. The normalized spacial score (nSPS) is 10.2. The lowest BCUT2D eigenvalue weighted by Gasteiger charge is -2.12. The molecule has 0 unspecified atom stereocenters. The van der Waals surface area contributed by atoms with E-state index in [2.05, 4.69) is 22.4 Å². The third-order valence-corrected chi connectivity index (χ3v) is 3.96. The van der Waals surface area contributed by atoms with Crippen molar-refractivity contribution in [3.05, 3.63) is 90.6 Å². The van der Waals surface area contributed by atoms with Crippen LogP contribution in [-0.4, -0.2) is 4.98 Å². The SMILES string of the molecule is Cc1cc(Nc2ccc(Oc3ccccc3)cc2)c2ccccc2n1.Cl. The molecule has 0 saturated carbocycles. The Bertz CT molecular complexity index is 1000. The number of nitrogens with one attached hydrogen (secondary N) is 1. The zero-order valence-corrected chi connectivity index (χ0v) is 15.2. The first-order valence-electron chi connectivity index (χ1n) is 8.24. The van der Waals surface area contributed by atoms with E-state index >= 15 is 0 Å². The van der Waals surface area contributed by atoms with Gasteiger partial charge in [-0.2, -0.15) is 0 Å². The average Bonchev–Trinajstić information content (AvgIpc) is 2.64. The molecule has 0 amide bonds. The van der Waals surface area contributed by atoms with Gasteiger partial charge in [0.1, 0.15) is 11.5 Å². The van der Waals surface area contributed by atoms with Gasteiger partial charge in [0.05, 0.1) is 5.52 Å². The van der Waals surface area contributed by atoms with E-state index in [0.717, 1.165) is 39.5 Å². The minimum Gasteiger partial charge on any atom is -0.457 e. The van der Waals surface area contributed by atoms with Crippen LogP contribution in [0.15, 0.2) is 84.9 Å². The summed E-state index contributed by atoms with van der Waals surface area (Å²) in [6, 6.07) is 28.0. The Hall–Kier alpha value is -3.04. The summed E-state index contributed by atoms with van der Waals surface area (Å²) in [5, 5.41) is 4.59. The van der Waals surface area contributed by atoms with Crippen LogP contribution in [0.2, 0.25) is 0 Å². The third kappa shape index (κ3) is 3.95. The van der Waals surface area contributed by atoms with E-state index in [0.29, 0.717) is 0 Å². The highest BCUT2D eigenvalue weighted by Crippen LogP contribution is 2.28. The van der Waals surface area contributed by atoms with Gasteiger partial charge in [-0.1, -0.05) is 36.4 Å². The van der Waals surface area contributed by atoms with E-state index < -0.39 is 0 Å². The zero-order valence-electron chi connectivity index (χ0n) is 14.3. The summed E-state index contributed by atoms with van der Waals surface area (Å²) < 4.78 is 5.84. The molecule has 0 radical (unpaired) electrons. The van der Waals surface area contributed by atoms with Crippen LogP contribution in [0.5, 0.6) is 11.5 Å². The van der Waals surface area contributed by atoms with Crippen molar-refractivity contribution in [1.29, 1.82) is 0 Å². The Morgan fingerprint density at radius 2 is 1.42 bits per heavy atom. The molecular formula is C22H19ClN2O. The van der Waals surface area contributed by atoms with Gasteiger partial charge >= 0.3 is 0 Å². The van der Waals surface area contributed by atoms with Crippen molar-refractivity contribution >= 4 is 34.7 Å². The number of benzene rings is 3. The van der Waals surface area contributed by atoms with Crippen LogP contribution >= 0.6 is 12.4 Å². The van der Waals surface area contributed by atoms with Crippen molar-refractivity contribution < 1.29 is 4.74 Å². The number of aryl methyl sites for hydroxylation is 1. The van der Waals surface area contributed by atoms with Gasteiger partial charge in [0.25, 0.3) is 0 Å². The highest BCUT2D eigenvalue weighted by Gasteiger charge is 2.04. The van der Waals surface area contributed by atoms with Crippen molar-refractivity contribution in [2.45, 2.75) is 6.92 Å². The van der Waals surface area contributed by atoms with E-state index in [-0.39, 0.29) is 12.4 Å². The van der Waals surface area contributed by atoms with Crippen LogP contribution in [0.25, 0.3) is 10.9 Å². The molecule has 0 fully saturated rings. The van der Waals surface area contributed by atoms with Crippen molar-refractivity contribution in [2.75, 3.05) is 5.32 Å². The first-order chi connectivity index (χ1) is 12.3. The van der Waals surface area contributed by atoms with E-state index in [1.165, 1.54) is 0 Å². The van der Waals surface area contributed by atoms with Crippen molar-refractivity contribution in [3.63, 3.8) is 0 Å². The summed E-state index contributed by atoms with van der Waals surface area (Å²) in [4.78, 5) is 4.58. The number of halogens is 1. The van der Waals surface area contributed by atoms with Crippen LogP contribution in [0.1, 0.15) is 5.69 Å². The van der Waals surface area contributed by atoms with Gasteiger partial charge in [-0.15, -0.1) is 12.4 Å². The lowest BCUT2D eigenvalue weighted by atomic mass is 10.1. The molecule has 1 heterocycles. The molecule has 0 aliphatic heterocycles. The second-order valence-corrected chi connectivity index (χ2v) is 5.89.